The molecule has 0 unspecified atom stereocenters. The number of amides is 1. The molecule has 0 saturated heterocycles. The third-order valence-corrected chi connectivity index (χ3v) is 3.72. The summed E-state index contributed by atoms with van der Waals surface area (Å²) in [4.78, 5) is 30.3. The zero-order valence-electron chi connectivity index (χ0n) is 13.5. The normalized spacial score (nSPS) is 10.6. The fourth-order valence-electron chi connectivity index (χ4n) is 2.50. The van der Waals surface area contributed by atoms with Crippen LogP contribution in [0, 0.1) is 10.1 Å². The van der Waals surface area contributed by atoms with Crippen LogP contribution in [-0.2, 0) is 6.42 Å². The Kier molecular flexibility index (Phi) is 4.60. The van der Waals surface area contributed by atoms with Crippen LogP contribution < -0.4 is 10.1 Å². The van der Waals surface area contributed by atoms with E-state index in [9.17, 15) is 14.9 Å². The maximum absolute atomic E-state index is 12.3. The third kappa shape index (κ3) is 3.57. The lowest BCUT2D eigenvalue weighted by molar-refractivity contribution is -0.384. The number of methoxy groups -OCH3 is 1. The monoisotopic (exact) mass is 340 g/mol. The van der Waals surface area contributed by atoms with E-state index in [2.05, 4.69) is 15.3 Å². The molecule has 8 heteroatoms. The molecule has 0 saturated carbocycles. The standard InChI is InChI=1S/C17H16N4O4/c1-25-15-7-6-11(21(23)24)10-12(15)17(22)18-9-8-16-19-13-4-2-3-5-14(13)20-16/h2-7,10H,8-9H2,1H3,(H,18,22)(H,19,20). The van der Waals surface area contributed by atoms with Crippen molar-refractivity contribution in [2.45, 2.75) is 6.42 Å². The number of H-pyrrole nitrogens is 1. The van der Waals surface area contributed by atoms with Crippen molar-refractivity contribution in [3.05, 3.63) is 64.0 Å². The Morgan fingerprint density at radius 2 is 2.12 bits per heavy atom. The van der Waals surface area contributed by atoms with Gasteiger partial charge in [0.05, 0.1) is 28.6 Å². The second-order valence-electron chi connectivity index (χ2n) is 5.35. The lowest BCUT2D eigenvalue weighted by Gasteiger charge is -2.08. The summed E-state index contributed by atoms with van der Waals surface area (Å²) in [7, 11) is 1.41. The highest BCUT2D eigenvalue weighted by atomic mass is 16.6. The molecule has 0 atom stereocenters. The van der Waals surface area contributed by atoms with Crippen molar-refractivity contribution >= 4 is 22.6 Å². The Morgan fingerprint density at radius 3 is 2.84 bits per heavy atom. The number of fused-ring (bicyclic) bond motifs is 1. The van der Waals surface area contributed by atoms with Crippen molar-refractivity contribution in [1.82, 2.24) is 15.3 Å². The first kappa shape index (κ1) is 16.4. The number of nitro groups is 1. The summed E-state index contributed by atoms with van der Waals surface area (Å²) in [5.74, 6) is 0.607. The minimum Gasteiger partial charge on any atom is -0.496 e. The van der Waals surface area contributed by atoms with E-state index in [1.165, 1.54) is 25.3 Å². The molecule has 0 fully saturated rings. The lowest BCUT2D eigenvalue weighted by atomic mass is 10.1. The SMILES string of the molecule is COc1ccc([N+](=O)[O-])cc1C(=O)NCCc1nc2ccccc2[nH]1. The van der Waals surface area contributed by atoms with Crippen molar-refractivity contribution in [1.29, 1.82) is 0 Å². The Balaban J connectivity index is 1.67. The summed E-state index contributed by atoms with van der Waals surface area (Å²) in [5, 5.41) is 13.6. The van der Waals surface area contributed by atoms with E-state index in [4.69, 9.17) is 4.74 Å². The number of hydrogen-bond acceptors (Lipinski definition) is 5. The first-order valence-corrected chi connectivity index (χ1v) is 7.62. The smallest absolute Gasteiger partial charge is 0.270 e. The number of nitrogens with zero attached hydrogens (tertiary/aromatic N) is 2. The van der Waals surface area contributed by atoms with Gasteiger partial charge in [-0.3, -0.25) is 14.9 Å². The van der Waals surface area contributed by atoms with Crippen LogP contribution in [-0.4, -0.2) is 34.5 Å². The number of aromatic amines is 1. The summed E-state index contributed by atoms with van der Waals surface area (Å²) in [5.41, 5.74) is 1.76. The molecule has 2 aromatic carbocycles. The molecule has 0 aliphatic heterocycles. The minimum absolute atomic E-state index is 0.126. The van der Waals surface area contributed by atoms with Crippen LogP contribution in [0.15, 0.2) is 42.5 Å². The molecular formula is C17H16N4O4. The summed E-state index contributed by atoms with van der Waals surface area (Å²) < 4.78 is 5.10. The number of nitro benzene ring substituents is 1. The first-order chi connectivity index (χ1) is 12.1. The van der Waals surface area contributed by atoms with Gasteiger partial charge in [-0.25, -0.2) is 4.98 Å². The first-order valence-electron chi connectivity index (χ1n) is 7.62. The van der Waals surface area contributed by atoms with Gasteiger partial charge in [0.15, 0.2) is 0 Å². The summed E-state index contributed by atoms with van der Waals surface area (Å²) in [6, 6.07) is 11.6. The van der Waals surface area contributed by atoms with Gasteiger partial charge in [0.1, 0.15) is 11.6 Å². The number of ether oxygens (including phenoxy) is 1. The van der Waals surface area contributed by atoms with Crippen molar-refractivity contribution in [3.8, 4) is 5.75 Å². The number of imidazole rings is 1. The minimum atomic E-state index is -0.551. The topological polar surface area (TPSA) is 110 Å². The molecule has 1 aromatic heterocycles. The molecule has 0 spiro atoms. The molecule has 3 aromatic rings. The number of rotatable bonds is 6. The van der Waals surface area contributed by atoms with Gasteiger partial charge in [-0.2, -0.15) is 0 Å². The van der Waals surface area contributed by atoms with Gasteiger partial charge in [-0.05, 0) is 18.2 Å². The van der Waals surface area contributed by atoms with E-state index in [-0.39, 0.29) is 17.0 Å². The Morgan fingerprint density at radius 1 is 1.32 bits per heavy atom. The molecule has 25 heavy (non-hydrogen) atoms. The number of carbonyl (C=O) groups is 1. The Labute approximate surface area is 143 Å². The highest BCUT2D eigenvalue weighted by molar-refractivity contribution is 5.97. The predicted octanol–water partition coefficient (Wildman–Crippen LogP) is 2.45. The van der Waals surface area contributed by atoms with Crippen LogP contribution in [0.4, 0.5) is 5.69 Å². The molecule has 3 rings (SSSR count). The predicted molar refractivity (Wildman–Crippen MR) is 91.8 cm³/mol. The van der Waals surface area contributed by atoms with Crippen LogP contribution >= 0.6 is 0 Å². The van der Waals surface area contributed by atoms with Gasteiger partial charge in [0.25, 0.3) is 11.6 Å². The zero-order chi connectivity index (χ0) is 17.8. The fraction of sp³-hybridized carbons (Fsp3) is 0.176. The van der Waals surface area contributed by atoms with Crippen molar-refractivity contribution < 1.29 is 14.5 Å². The molecule has 0 aliphatic rings. The zero-order valence-corrected chi connectivity index (χ0v) is 13.5. The molecule has 0 bridgehead atoms. The summed E-state index contributed by atoms with van der Waals surface area (Å²) in [6.45, 7) is 0.338. The maximum atomic E-state index is 12.3. The number of hydrogen-bond donors (Lipinski definition) is 2. The highest BCUT2D eigenvalue weighted by Gasteiger charge is 2.17. The van der Waals surface area contributed by atoms with E-state index in [1.807, 2.05) is 24.3 Å². The second kappa shape index (κ2) is 7.00. The van der Waals surface area contributed by atoms with Crippen molar-refractivity contribution in [2.24, 2.45) is 0 Å². The fourth-order valence-corrected chi connectivity index (χ4v) is 2.50. The van der Waals surface area contributed by atoms with Gasteiger partial charge in [0, 0.05) is 25.1 Å². The van der Waals surface area contributed by atoms with Crippen molar-refractivity contribution in [3.63, 3.8) is 0 Å². The van der Waals surface area contributed by atoms with Gasteiger partial charge < -0.3 is 15.0 Å². The molecule has 128 valence electrons. The van der Waals surface area contributed by atoms with Crippen LogP contribution in [0.5, 0.6) is 5.75 Å². The van der Waals surface area contributed by atoms with Crippen LogP contribution in [0.1, 0.15) is 16.2 Å². The van der Waals surface area contributed by atoms with Gasteiger partial charge in [-0.15, -0.1) is 0 Å². The van der Waals surface area contributed by atoms with E-state index >= 15 is 0 Å². The average Bonchev–Trinajstić information content (AvgIpc) is 3.03. The van der Waals surface area contributed by atoms with Gasteiger partial charge >= 0.3 is 0 Å². The van der Waals surface area contributed by atoms with E-state index in [1.54, 1.807) is 0 Å². The number of para-hydroxylation sites is 2. The third-order valence-electron chi connectivity index (χ3n) is 3.72. The van der Waals surface area contributed by atoms with Gasteiger partial charge in [0.2, 0.25) is 0 Å². The van der Waals surface area contributed by atoms with Crippen molar-refractivity contribution in [2.75, 3.05) is 13.7 Å². The number of non-ortho nitro benzene ring substituents is 1. The van der Waals surface area contributed by atoms with Gasteiger partial charge in [-0.1, -0.05) is 12.1 Å². The summed E-state index contributed by atoms with van der Waals surface area (Å²) in [6.07, 6.45) is 0.512. The molecule has 0 aliphatic carbocycles. The highest BCUT2D eigenvalue weighted by Crippen LogP contribution is 2.23. The molecule has 1 amide bonds. The van der Waals surface area contributed by atoms with Crippen LogP contribution in [0.25, 0.3) is 11.0 Å². The largest absolute Gasteiger partial charge is 0.496 e. The molecule has 8 nitrogen and oxygen atoms in total. The van der Waals surface area contributed by atoms with E-state index in [0.717, 1.165) is 16.9 Å². The number of carbonyl (C=O) groups excluding carboxylic acids is 1. The summed E-state index contributed by atoms with van der Waals surface area (Å²) >= 11 is 0. The lowest BCUT2D eigenvalue weighted by Crippen LogP contribution is -2.26. The molecule has 2 N–H and O–H groups in total. The second-order valence-corrected chi connectivity index (χ2v) is 5.35. The van der Waals surface area contributed by atoms with Crippen LogP contribution in [0.3, 0.4) is 0 Å². The quantitative estimate of drug-likeness (QED) is 0.529. The Hall–Kier alpha value is -3.42. The molecular weight excluding hydrogens is 324 g/mol. The molecule has 0 radical (unpaired) electrons. The van der Waals surface area contributed by atoms with Crippen LogP contribution in [0.2, 0.25) is 0 Å². The Bertz CT molecular complexity index is 902. The number of benzene rings is 2. The number of aromatic nitrogens is 2. The van der Waals surface area contributed by atoms with E-state index < -0.39 is 10.8 Å². The van der Waals surface area contributed by atoms with E-state index in [0.29, 0.717) is 13.0 Å². The number of nitrogens with one attached hydrogen (secondary N) is 2. The maximum Gasteiger partial charge on any atom is 0.270 e. The average molecular weight is 340 g/mol. The molecule has 1 heterocycles.